The summed E-state index contributed by atoms with van der Waals surface area (Å²) in [5.74, 6) is -1.59. The van der Waals surface area contributed by atoms with Gasteiger partial charge in [0, 0.05) is 30.0 Å². The summed E-state index contributed by atoms with van der Waals surface area (Å²) in [7, 11) is 0. The van der Waals surface area contributed by atoms with Gasteiger partial charge in [0.1, 0.15) is 17.6 Å². The Bertz CT molecular complexity index is 1560. The minimum Gasteiger partial charge on any atom is -0.493 e. The average molecular weight is 584 g/mol. The predicted octanol–water partition coefficient (Wildman–Crippen LogP) is 8.06. The van der Waals surface area contributed by atoms with Crippen molar-refractivity contribution in [2.45, 2.75) is 26.2 Å². The number of esters is 2. The number of para-hydroxylation sites is 1. The van der Waals surface area contributed by atoms with E-state index in [1.54, 1.807) is 84.9 Å². The van der Waals surface area contributed by atoms with Crippen molar-refractivity contribution in [3.05, 3.63) is 121 Å². The Balaban J connectivity index is 0.000000303. The predicted molar refractivity (Wildman–Crippen MR) is 160 cm³/mol. The van der Waals surface area contributed by atoms with Crippen LogP contribution in [0.2, 0.25) is 0 Å². The van der Waals surface area contributed by atoms with Crippen LogP contribution in [-0.2, 0) is 14.3 Å². The molecule has 0 aromatic heterocycles. The zero-order valence-corrected chi connectivity index (χ0v) is 23.7. The van der Waals surface area contributed by atoms with Crippen molar-refractivity contribution < 1.29 is 32.6 Å². The summed E-state index contributed by atoms with van der Waals surface area (Å²) < 4.78 is 44.7. The lowest BCUT2D eigenvalue weighted by Gasteiger charge is -2.10. The van der Waals surface area contributed by atoms with Crippen LogP contribution in [0.25, 0.3) is 22.3 Å². The molecule has 0 spiro atoms. The molecule has 0 radical (unpaired) electrons. The third-order valence-corrected chi connectivity index (χ3v) is 5.99. The molecule has 0 atom stereocenters. The zero-order valence-electron chi connectivity index (χ0n) is 23.7. The monoisotopic (exact) mass is 583 g/mol. The minimum atomic E-state index is -0.885. The van der Waals surface area contributed by atoms with Gasteiger partial charge in [0.2, 0.25) is 0 Å². The highest BCUT2D eigenvalue weighted by Gasteiger charge is 2.16. The second kappa shape index (κ2) is 16.8. The lowest BCUT2D eigenvalue weighted by molar-refractivity contribution is -0.138. The number of nitrogens with zero attached hydrogens (tertiary/aromatic N) is 1. The molecule has 6 nitrogen and oxygen atoms in total. The Kier molecular flexibility index (Phi) is 12.6. The van der Waals surface area contributed by atoms with Crippen molar-refractivity contribution >= 4 is 11.9 Å². The molecule has 0 fully saturated rings. The van der Waals surface area contributed by atoms with Crippen molar-refractivity contribution in [3.63, 3.8) is 0 Å². The number of halogens is 2. The Hall–Kier alpha value is -5.29. The second-order valence-electron chi connectivity index (χ2n) is 9.08. The first kappa shape index (κ1) is 32.2. The van der Waals surface area contributed by atoms with Crippen molar-refractivity contribution in [1.29, 1.82) is 5.26 Å². The molecule has 0 saturated heterocycles. The van der Waals surface area contributed by atoms with Gasteiger partial charge in [-0.2, -0.15) is 5.26 Å². The standard InChI is InChI=1S/C24H20F2O3.C11H11NO2/c1-2-22(27)29-16-6-15-28-19-11-9-18(10-12-19)21-14-13-20(23(25)24(21)26)17-7-4-3-5-8-17;1-2-5-11(13)14-10-7-4-3-6-9(10)8-12/h2-5,7-14H,1,6,15-16H2;3-4,6-7H,2,5H2,1H3. The number of nitriles is 1. The van der Waals surface area contributed by atoms with Gasteiger partial charge in [0.05, 0.1) is 18.8 Å². The highest BCUT2D eigenvalue weighted by Crippen LogP contribution is 2.32. The molecule has 0 heterocycles. The summed E-state index contributed by atoms with van der Waals surface area (Å²) in [5, 5.41) is 8.72. The molecule has 220 valence electrons. The Labute approximate surface area is 249 Å². The lowest BCUT2D eigenvalue weighted by Crippen LogP contribution is -2.07. The van der Waals surface area contributed by atoms with Gasteiger partial charge in [-0.05, 0) is 41.8 Å². The van der Waals surface area contributed by atoms with Crippen LogP contribution in [0, 0.1) is 23.0 Å². The molecule has 0 aliphatic rings. The Morgan fingerprint density at radius 1 is 0.837 bits per heavy atom. The maximum atomic E-state index is 14.7. The van der Waals surface area contributed by atoms with Crippen molar-refractivity contribution in [1.82, 2.24) is 0 Å². The zero-order chi connectivity index (χ0) is 31.0. The number of ether oxygens (including phenoxy) is 3. The molecule has 0 N–H and O–H groups in total. The molecule has 4 aromatic carbocycles. The summed E-state index contributed by atoms with van der Waals surface area (Å²) in [6.45, 7) is 5.81. The van der Waals surface area contributed by atoms with E-state index in [0.717, 1.165) is 12.5 Å². The molecule has 43 heavy (non-hydrogen) atoms. The fourth-order valence-electron chi connectivity index (χ4n) is 3.85. The molecule has 0 aliphatic carbocycles. The van der Waals surface area contributed by atoms with E-state index in [-0.39, 0.29) is 23.7 Å². The third-order valence-electron chi connectivity index (χ3n) is 5.99. The van der Waals surface area contributed by atoms with E-state index < -0.39 is 17.6 Å². The first-order valence-electron chi connectivity index (χ1n) is 13.6. The summed E-state index contributed by atoms with van der Waals surface area (Å²) in [4.78, 5) is 22.1. The molecule has 4 aromatic rings. The van der Waals surface area contributed by atoms with E-state index in [9.17, 15) is 18.4 Å². The topological polar surface area (TPSA) is 85.6 Å². The maximum Gasteiger partial charge on any atom is 0.330 e. The smallest absolute Gasteiger partial charge is 0.330 e. The average Bonchev–Trinajstić information content (AvgIpc) is 3.03. The highest BCUT2D eigenvalue weighted by atomic mass is 19.2. The Morgan fingerprint density at radius 3 is 2.05 bits per heavy atom. The first-order chi connectivity index (χ1) is 20.9. The fourth-order valence-corrected chi connectivity index (χ4v) is 3.85. The SMILES string of the molecule is C=CC(=O)OCCCOc1ccc(-c2ccc(-c3ccccc3)c(F)c2F)cc1.CCCC(=O)Oc1ccccc1C#N. The molecule has 0 saturated carbocycles. The van der Waals surface area contributed by atoms with Crippen molar-refractivity contribution in [2.75, 3.05) is 13.2 Å². The lowest BCUT2D eigenvalue weighted by atomic mass is 9.99. The molecule has 0 aliphatic heterocycles. The van der Waals surface area contributed by atoms with E-state index in [1.807, 2.05) is 19.1 Å². The molecule has 8 heteroatoms. The summed E-state index contributed by atoms with van der Waals surface area (Å²) in [5.41, 5.74) is 1.97. The molecular weight excluding hydrogens is 552 g/mol. The summed E-state index contributed by atoms with van der Waals surface area (Å²) >= 11 is 0. The number of rotatable bonds is 11. The third kappa shape index (κ3) is 9.65. The summed E-state index contributed by atoms with van der Waals surface area (Å²) in [6, 6.07) is 27.4. The van der Waals surface area contributed by atoms with Crippen LogP contribution in [0.5, 0.6) is 11.5 Å². The van der Waals surface area contributed by atoms with Gasteiger partial charge < -0.3 is 14.2 Å². The number of hydrogen-bond donors (Lipinski definition) is 0. The van der Waals surface area contributed by atoms with Gasteiger partial charge in [-0.3, -0.25) is 4.79 Å². The van der Waals surface area contributed by atoms with Crippen molar-refractivity contribution in [2.24, 2.45) is 0 Å². The van der Waals surface area contributed by atoms with Crippen LogP contribution in [0.3, 0.4) is 0 Å². The van der Waals surface area contributed by atoms with Crippen LogP contribution < -0.4 is 9.47 Å². The molecular formula is C35H31F2NO5. The van der Waals surface area contributed by atoms with Gasteiger partial charge in [-0.1, -0.05) is 80.2 Å². The number of hydrogen-bond acceptors (Lipinski definition) is 6. The van der Waals surface area contributed by atoms with Gasteiger partial charge in [-0.25, -0.2) is 13.6 Å². The van der Waals surface area contributed by atoms with E-state index in [0.29, 0.717) is 47.6 Å². The molecule has 4 rings (SSSR count). The first-order valence-corrected chi connectivity index (χ1v) is 13.6. The van der Waals surface area contributed by atoms with Crippen LogP contribution in [0.15, 0.2) is 104 Å². The van der Waals surface area contributed by atoms with Crippen LogP contribution in [0.4, 0.5) is 8.78 Å². The van der Waals surface area contributed by atoms with E-state index in [2.05, 4.69) is 6.58 Å². The number of carbonyl (C=O) groups excluding carboxylic acids is 2. The van der Waals surface area contributed by atoms with Crippen LogP contribution >= 0.6 is 0 Å². The number of benzene rings is 4. The summed E-state index contributed by atoms with van der Waals surface area (Å²) in [6.07, 6.45) is 2.75. The quantitative estimate of drug-likeness (QED) is 0.0768. The molecule has 0 bridgehead atoms. The van der Waals surface area contributed by atoms with Gasteiger partial charge in [-0.15, -0.1) is 0 Å². The van der Waals surface area contributed by atoms with E-state index in [4.69, 9.17) is 19.5 Å². The molecule has 0 unspecified atom stereocenters. The van der Waals surface area contributed by atoms with Crippen LogP contribution in [-0.4, -0.2) is 25.2 Å². The van der Waals surface area contributed by atoms with Gasteiger partial charge >= 0.3 is 11.9 Å². The van der Waals surface area contributed by atoms with E-state index >= 15 is 0 Å². The Morgan fingerprint density at radius 2 is 1.44 bits per heavy atom. The van der Waals surface area contributed by atoms with Gasteiger partial charge in [0.25, 0.3) is 0 Å². The minimum absolute atomic E-state index is 0.185. The second-order valence-corrected chi connectivity index (χ2v) is 9.08. The van der Waals surface area contributed by atoms with Crippen LogP contribution in [0.1, 0.15) is 31.7 Å². The number of carbonyl (C=O) groups is 2. The van der Waals surface area contributed by atoms with Crippen molar-refractivity contribution in [3.8, 4) is 39.8 Å². The molecule has 0 amide bonds. The maximum absolute atomic E-state index is 14.7. The largest absolute Gasteiger partial charge is 0.493 e. The normalized spacial score (nSPS) is 10.0. The van der Waals surface area contributed by atoms with Gasteiger partial charge in [0.15, 0.2) is 11.6 Å². The highest BCUT2D eigenvalue weighted by molar-refractivity contribution is 5.81. The fraction of sp³-hybridized carbons (Fsp3) is 0.171. The van der Waals surface area contributed by atoms with E-state index in [1.165, 1.54) is 0 Å².